The quantitative estimate of drug-likeness (QED) is 0.304. The molecule has 1 saturated heterocycles. The fourth-order valence-electron chi connectivity index (χ4n) is 3.38. The van der Waals surface area contributed by atoms with Crippen LogP contribution in [0.5, 0.6) is 0 Å². The zero-order chi connectivity index (χ0) is 20.6. The van der Waals surface area contributed by atoms with E-state index in [2.05, 4.69) is 57.0 Å². The van der Waals surface area contributed by atoms with Gasteiger partial charge in [-0.25, -0.2) is 4.39 Å². The van der Waals surface area contributed by atoms with E-state index in [0.29, 0.717) is 11.6 Å². The molecule has 1 heterocycles. The van der Waals surface area contributed by atoms with Gasteiger partial charge in [0, 0.05) is 31.5 Å². The molecule has 162 valence electrons. The van der Waals surface area contributed by atoms with Gasteiger partial charge in [0.15, 0.2) is 5.96 Å². The first kappa shape index (κ1) is 23.9. The molecular formula is C22H29FIN5O. The molecule has 1 fully saturated rings. The van der Waals surface area contributed by atoms with Crippen molar-refractivity contribution in [3.05, 3.63) is 59.9 Å². The fraction of sp³-hybridized carbons (Fsp3) is 0.364. The van der Waals surface area contributed by atoms with Crippen molar-refractivity contribution in [3.63, 3.8) is 0 Å². The number of carbonyl (C=O) groups excluding carboxylic acids is 1. The van der Waals surface area contributed by atoms with Crippen LogP contribution in [-0.4, -0.2) is 38.5 Å². The normalized spacial score (nSPS) is 14.6. The van der Waals surface area contributed by atoms with Gasteiger partial charge in [-0.15, -0.1) is 24.0 Å². The third-order valence-corrected chi connectivity index (χ3v) is 4.94. The molecule has 1 atom stereocenters. The molecule has 1 aliphatic heterocycles. The van der Waals surface area contributed by atoms with Gasteiger partial charge in [0.05, 0.1) is 12.6 Å². The molecule has 0 aliphatic carbocycles. The van der Waals surface area contributed by atoms with E-state index in [1.54, 1.807) is 19.2 Å². The number of aliphatic imine (C=N–C) groups is 1. The average molecular weight is 525 g/mol. The Morgan fingerprint density at radius 2 is 1.90 bits per heavy atom. The number of guanidine groups is 1. The highest BCUT2D eigenvalue weighted by Crippen LogP contribution is 2.23. The average Bonchev–Trinajstić information content (AvgIpc) is 3.26. The Bertz CT molecular complexity index is 870. The molecule has 3 N–H and O–H groups in total. The number of hydrogen-bond donors (Lipinski definition) is 3. The standard InChI is InChI=1S/C22H28FN5O.HI/c1-16(17-7-5-10-20(13-17)28-11-3-4-12-28)26-22(24-2)25-15-21(29)27-19-9-6-8-18(23)14-19;/h5-10,13-14,16H,3-4,11-12,15H2,1-2H3,(H,27,29)(H2,24,25,26);1H. The van der Waals surface area contributed by atoms with Crippen molar-refractivity contribution in [1.29, 1.82) is 0 Å². The Kier molecular flexibility index (Phi) is 9.35. The SMILES string of the molecule is CN=C(NCC(=O)Nc1cccc(F)c1)NC(C)c1cccc(N2CCCC2)c1.I. The first-order chi connectivity index (χ1) is 14.0. The highest BCUT2D eigenvalue weighted by atomic mass is 127. The van der Waals surface area contributed by atoms with Gasteiger partial charge >= 0.3 is 0 Å². The van der Waals surface area contributed by atoms with Gasteiger partial charge in [0.2, 0.25) is 5.91 Å². The van der Waals surface area contributed by atoms with Crippen molar-refractivity contribution in [3.8, 4) is 0 Å². The topological polar surface area (TPSA) is 68.8 Å². The third kappa shape index (κ3) is 6.86. The lowest BCUT2D eigenvalue weighted by atomic mass is 10.1. The summed E-state index contributed by atoms with van der Waals surface area (Å²) in [5.74, 6) is -0.140. The van der Waals surface area contributed by atoms with Gasteiger partial charge in [0.25, 0.3) is 0 Å². The third-order valence-electron chi connectivity index (χ3n) is 4.94. The van der Waals surface area contributed by atoms with E-state index < -0.39 is 5.82 Å². The number of rotatable bonds is 6. The molecule has 0 saturated carbocycles. The number of amides is 1. The zero-order valence-corrected chi connectivity index (χ0v) is 19.7. The molecule has 1 aliphatic rings. The molecule has 0 spiro atoms. The van der Waals surface area contributed by atoms with Crippen LogP contribution in [0, 0.1) is 5.82 Å². The summed E-state index contributed by atoms with van der Waals surface area (Å²) in [5, 5.41) is 8.96. The summed E-state index contributed by atoms with van der Waals surface area (Å²) >= 11 is 0. The van der Waals surface area contributed by atoms with Gasteiger partial charge in [-0.1, -0.05) is 18.2 Å². The van der Waals surface area contributed by atoms with Crippen LogP contribution >= 0.6 is 24.0 Å². The van der Waals surface area contributed by atoms with E-state index in [4.69, 9.17) is 0 Å². The van der Waals surface area contributed by atoms with Crippen LogP contribution in [0.2, 0.25) is 0 Å². The number of nitrogens with zero attached hydrogens (tertiary/aromatic N) is 2. The Morgan fingerprint density at radius 1 is 1.17 bits per heavy atom. The number of nitrogens with one attached hydrogen (secondary N) is 3. The zero-order valence-electron chi connectivity index (χ0n) is 17.3. The molecular weight excluding hydrogens is 496 g/mol. The minimum atomic E-state index is -0.391. The van der Waals surface area contributed by atoms with Gasteiger partial charge in [-0.3, -0.25) is 9.79 Å². The minimum absolute atomic E-state index is 0. The summed E-state index contributed by atoms with van der Waals surface area (Å²) in [6, 6.07) is 14.3. The molecule has 2 aromatic carbocycles. The lowest BCUT2D eigenvalue weighted by Crippen LogP contribution is -2.42. The maximum Gasteiger partial charge on any atom is 0.243 e. The van der Waals surface area contributed by atoms with Gasteiger partial charge in [0.1, 0.15) is 5.82 Å². The van der Waals surface area contributed by atoms with Crippen LogP contribution in [0.25, 0.3) is 0 Å². The second kappa shape index (κ2) is 11.7. The molecule has 8 heteroatoms. The van der Waals surface area contributed by atoms with Gasteiger partial charge in [-0.05, 0) is 55.7 Å². The van der Waals surface area contributed by atoms with E-state index in [0.717, 1.165) is 18.7 Å². The molecule has 6 nitrogen and oxygen atoms in total. The summed E-state index contributed by atoms with van der Waals surface area (Å²) in [6.07, 6.45) is 2.48. The van der Waals surface area contributed by atoms with Crippen molar-refractivity contribution in [2.45, 2.75) is 25.8 Å². The largest absolute Gasteiger partial charge is 0.372 e. The summed E-state index contributed by atoms with van der Waals surface area (Å²) < 4.78 is 13.2. The van der Waals surface area contributed by atoms with Gasteiger partial charge < -0.3 is 20.9 Å². The van der Waals surface area contributed by atoms with Crippen molar-refractivity contribution in [2.24, 2.45) is 4.99 Å². The number of carbonyl (C=O) groups is 1. The Hall–Kier alpha value is -2.36. The predicted octanol–water partition coefficient (Wildman–Crippen LogP) is 3.91. The van der Waals surface area contributed by atoms with Gasteiger partial charge in [-0.2, -0.15) is 0 Å². The Labute approximate surface area is 194 Å². The molecule has 0 radical (unpaired) electrons. The second-order valence-electron chi connectivity index (χ2n) is 7.14. The fourth-order valence-corrected chi connectivity index (χ4v) is 3.38. The number of anilines is 2. The first-order valence-electron chi connectivity index (χ1n) is 9.92. The molecule has 1 unspecified atom stereocenters. The predicted molar refractivity (Wildman–Crippen MR) is 131 cm³/mol. The molecule has 0 aromatic heterocycles. The summed E-state index contributed by atoms with van der Waals surface area (Å²) in [7, 11) is 1.66. The summed E-state index contributed by atoms with van der Waals surface area (Å²) in [5.41, 5.74) is 2.82. The van der Waals surface area contributed by atoms with Crippen LogP contribution in [0.3, 0.4) is 0 Å². The van der Waals surface area contributed by atoms with Crippen molar-refractivity contribution in [2.75, 3.05) is 36.9 Å². The number of hydrogen-bond acceptors (Lipinski definition) is 3. The lowest BCUT2D eigenvalue weighted by molar-refractivity contribution is -0.115. The van der Waals surface area contributed by atoms with E-state index in [1.807, 2.05) is 0 Å². The van der Waals surface area contributed by atoms with Crippen LogP contribution in [0.4, 0.5) is 15.8 Å². The van der Waals surface area contributed by atoms with E-state index in [9.17, 15) is 9.18 Å². The monoisotopic (exact) mass is 525 g/mol. The van der Waals surface area contributed by atoms with Crippen LogP contribution < -0.4 is 20.9 Å². The Morgan fingerprint density at radius 3 is 2.60 bits per heavy atom. The highest BCUT2D eigenvalue weighted by molar-refractivity contribution is 14.0. The number of halogens is 2. The lowest BCUT2D eigenvalue weighted by Gasteiger charge is -2.22. The van der Waals surface area contributed by atoms with E-state index in [-0.39, 0.29) is 42.5 Å². The van der Waals surface area contributed by atoms with Crippen LogP contribution in [0.15, 0.2) is 53.5 Å². The number of benzene rings is 2. The molecule has 1 amide bonds. The Balaban J connectivity index is 0.00000320. The van der Waals surface area contributed by atoms with Crippen LogP contribution in [-0.2, 0) is 4.79 Å². The van der Waals surface area contributed by atoms with Crippen LogP contribution in [0.1, 0.15) is 31.4 Å². The molecule has 3 rings (SSSR count). The summed E-state index contributed by atoms with van der Waals surface area (Å²) in [4.78, 5) is 18.7. The summed E-state index contributed by atoms with van der Waals surface area (Å²) in [6.45, 7) is 4.29. The van der Waals surface area contributed by atoms with E-state index >= 15 is 0 Å². The maximum absolute atomic E-state index is 13.2. The molecule has 0 bridgehead atoms. The second-order valence-corrected chi connectivity index (χ2v) is 7.14. The molecule has 30 heavy (non-hydrogen) atoms. The smallest absolute Gasteiger partial charge is 0.243 e. The van der Waals surface area contributed by atoms with E-state index in [1.165, 1.54) is 30.7 Å². The van der Waals surface area contributed by atoms with Crippen molar-refractivity contribution < 1.29 is 9.18 Å². The molecule has 2 aromatic rings. The highest BCUT2D eigenvalue weighted by Gasteiger charge is 2.15. The maximum atomic E-state index is 13.2. The minimum Gasteiger partial charge on any atom is -0.372 e. The first-order valence-corrected chi connectivity index (χ1v) is 9.92. The van der Waals surface area contributed by atoms with Crippen molar-refractivity contribution >= 4 is 47.2 Å². The van der Waals surface area contributed by atoms with Crippen molar-refractivity contribution in [1.82, 2.24) is 10.6 Å².